The number of nitrogens with two attached hydrogens (primary N) is 1. The standard InChI is InChI=1S/C10H14N2O2/c1-7-2-4-8(5-3-7)12-10(14)9(11)6-13/h2-5,9,13H,6,11H2,1H3,(H,12,14). The van der Waals surface area contributed by atoms with Gasteiger partial charge in [0.05, 0.1) is 6.61 Å². The van der Waals surface area contributed by atoms with Crippen LogP contribution >= 0.6 is 0 Å². The molecule has 4 nitrogen and oxygen atoms in total. The van der Waals surface area contributed by atoms with Crippen LogP contribution in [0.5, 0.6) is 0 Å². The average Bonchev–Trinajstić information content (AvgIpc) is 2.20. The van der Waals surface area contributed by atoms with Gasteiger partial charge in [0.25, 0.3) is 0 Å². The number of benzene rings is 1. The molecule has 0 aliphatic rings. The van der Waals surface area contributed by atoms with E-state index in [1.165, 1.54) is 0 Å². The number of hydrogen-bond donors (Lipinski definition) is 3. The molecule has 1 rings (SSSR count). The van der Waals surface area contributed by atoms with Gasteiger partial charge in [0, 0.05) is 5.69 Å². The average molecular weight is 194 g/mol. The number of carbonyl (C=O) groups excluding carboxylic acids is 1. The SMILES string of the molecule is Cc1ccc(NC(=O)C(N)CO)cc1. The summed E-state index contributed by atoms with van der Waals surface area (Å²) in [4.78, 5) is 11.2. The maximum absolute atomic E-state index is 11.2. The second kappa shape index (κ2) is 4.74. The third kappa shape index (κ3) is 2.83. The van der Waals surface area contributed by atoms with Crippen LogP contribution in [0, 0.1) is 6.92 Å². The van der Waals surface area contributed by atoms with Crippen molar-refractivity contribution < 1.29 is 9.90 Å². The summed E-state index contributed by atoms with van der Waals surface area (Å²) in [6.45, 7) is 1.61. The molecular formula is C10H14N2O2. The summed E-state index contributed by atoms with van der Waals surface area (Å²) >= 11 is 0. The van der Waals surface area contributed by atoms with Gasteiger partial charge in [0.15, 0.2) is 0 Å². The molecule has 1 aromatic carbocycles. The van der Waals surface area contributed by atoms with E-state index < -0.39 is 6.04 Å². The summed E-state index contributed by atoms with van der Waals surface area (Å²) in [5, 5.41) is 11.2. The number of anilines is 1. The van der Waals surface area contributed by atoms with E-state index in [4.69, 9.17) is 10.8 Å². The number of aliphatic hydroxyl groups is 1. The molecule has 1 amide bonds. The van der Waals surface area contributed by atoms with Crippen LogP contribution in [0.25, 0.3) is 0 Å². The number of nitrogens with one attached hydrogen (secondary N) is 1. The Bertz CT molecular complexity index is 308. The van der Waals surface area contributed by atoms with Crippen molar-refractivity contribution in [1.29, 1.82) is 0 Å². The predicted octanol–water partition coefficient (Wildman–Crippen LogP) is 0.253. The van der Waals surface area contributed by atoms with E-state index in [0.29, 0.717) is 5.69 Å². The molecule has 0 heterocycles. The second-order valence-electron chi connectivity index (χ2n) is 3.14. The van der Waals surface area contributed by atoms with E-state index in [1.807, 2.05) is 19.1 Å². The van der Waals surface area contributed by atoms with E-state index in [-0.39, 0.29) is 12.5 Å². The van der Waals surface area contributed by atoms with Crippen molar-refractivity contribution in [2.24, 2.45) is 5.73 Å². The molecule has 4 heteroatoms. The third-order valence-electron chi connectivity index (χ3n) is 1.85. The molecule has 0 fully saturated rings. The van der Waals surface area contributed by atoms with Gasteiger partial charge in [-0.3, -0.25) is 4.79 Å². The smallest absolute Gasteiger partial charge is 0.243 e. The Kier molecular flexibility index (Phi) is 3.62. The molecule has 0 bridgehead atoms. The van der Waals surface area contributed by atoms with Gasteiger partial charge < -0.3 is 16.2 Å². The first-order valence-electron chi connectivity index (χ1n) is 4.37. The van der Waals surface area contributed by atoms with E-state index in [0.717, 1.165) is 5.56 Å². The molecule has 1 atom stereocenters. The maximum Gasteiger partial charge on any atom is 0.243 e. The molecule has 14 heavy (non-hydrogen) atoms. The monoisotopic (exact) mass is 194 g/mol. The number of hydrogen-bond acceptors (Lipinski definition) is 3. The zero-order chi connectivity index (χ0) is 10.6. The lowest BCUT2D eigenvalue weighted by Crippen LogP contribution is -2.38. The maximum atomic E-state index is 11.2. The summed E-state index contributed by atoms with van der Waals surface area (Å²) in [5.41, 5.74) is 7.14. The van der Waals surface area contributed by atoms with Gasteiger partial charge >= 0.3 is 0 Å². The number of aryl methyl sites for hydroxylation is 1. The van der Waals surface area contributed by atoms with Crippen LogP contribution in [0.4, 0.5) is 5.69 Å². The highest BCUT2D eigenvalue weighted by Crippen LogP contribution is 2.08. The van der Waals surface area contributed by atoms with Crippen LogP contribution in [0.3, 0.4) is 0 Å². The lowest BCUT2D eigenvalue weighted by atomic mass is 10.2. The fourth-order valence-corrected chi connectivity index (χ4v) is 0.955. The molecule has 4 N–H and O–H groups in total. The van der Waals surface area contributed by atoms with Crippen molar-refractivity contribution in [2.75, 3.05) is 11.9 Å². The van der Waals surface area contributed by atoms with Gasteiger partial charge in [0.2, 0.25) is 5.91 Å². The molecule has 0 radical (unpaired) electrons. The van der Waals surface area contributed by atoms with Gasteiger partial charge in [-0.2, -0.15) is 0 Å². The molecule has 0 aliphatic heterocycles. The van der Waals surface area contributed by atoms with E-state index in [1.54, 1.807) is 12.1 Å². The van der Waals surface area contributed by atoms with Crippen LogP contribution in [0.2, 0.25) is 0 Å². The summed E-state index contributed by atoms with van der Waals surface area (Å²) < 4.78 is 0. The van der Waals surface area contributed by atoms with Gasteiger partial charge in [-0.05, 0) is 19.1 Å². The summed E-state index contributed by atoms with van der Waals surface area (Å²) in [5.74, 6) is -0.378. The van der Waals surface area contributed by atoms with Crippen molar-refractivity contribution in [1.82, 2.24) is 0 Å². The lowest BCUT2D eigenvalue weighted by Gasteiger charge is -2.09. The zero-order valence-electron chi connectivity index (χ0n) is 8.03. The van der Waals surface area contributed by atoms with Gasteiger partial charge in [0.1, 0.15) is 6.04 Å². The quantitative estimate of drug-likeness (QED) is 0.645. The topological polar surface area (TPSA) is 75.4 Å². The number of carbonyl (C=O) groups is 1. The number of amides is 1. The molecule has 1 unspecified atom stereocenters. The minimum atomic E-state index is -0.865. The molecule has 0 aromatic heterocycles. The summed E-state index contributed by atoms with van der Waals surface area (Å²) in [6.07, 6.45) is 0. The van der Waals surface area contributed by atoms with E-state index >= 15 is 0 Å². The van der Waals surface area contributed by atoms with Crippen molar-refractivity contribution in [3.63, 3.8) is 0 Å². The molecule has 0 saturated carbocycles. The van der Waals surface area contributed by atoms with Gasteiger partial charge in [-0.25, -0.2) is 0 Å². The number of aliphatic hydroxyl groups excluding tert-OH is 1. The summed E-state index contributed by atoms with van der Waals surface area (Å²) in [6, 6.07) is 6.49. The highest BCUT2D eigenvalue weighted by molar-refractivity contribution is 5.94. The first kappa shape index (κ1) is 10.7. The van der Waals surface area contributed by atoms with Crippen molar-refractivity contribution in [2.45, 2.75) is 13.0 Å². The highest BCUT2D eigenvalue weighted by atomic mass is 16.3. The van der Waals surface area contributed by atoms with Gasteiger partial charge in [-0.15, -0.1) is 0 Å². The van der Waals surface area contributed by atoms with Crippen LogP contribution in [-0.4, -0.2) is 23.7 Å². The predicted molar refractivity (Wildman–Crippen MR) is 54.9 cm³/mol. The van der Waals surface area contributed by atoms with Crippen LogP contribution in [0.15, 0.2) is 24.3 Å². The Labute approximate surface area is 82.7 Å². The third-order valence-corrected chi connectivity index (χ3v) is 1.85. The first-order chi connectivity index (χ1) is 6.63. The Morgan fingerprint density at radius 3 is 2.57 bits per heavy atom. The largest absolute Gasteiger partial charge is 0.394 e. The molecule has 0 saturated heterocycles. The van der Waals surface area contributed by atoms with Crippen LogP contribution in [-0.2, 0) is 4.79 Å². The normalized spacial score (nSPS) is 12.2. The molecule has 76 valence electrons. The minimum Gasteiger partial charge on any atom is -0.394 e. The minimum absolute atomic E-state index is 0.350. The highest BCUT2D eigenvalue weighted by Gasteiger charge is 2.11. The van der Waals surface area contributed by atoms with Crippen molar-refractivity contribution in [3.8, 4) is 0 Å². The summed E-state index contributed by atoms with van der Waals surface area (Å²) in [7, 11) is 0. The van der Waals surface area contributed by atoms with Gasteiger partial charge in [-0.1, -0.05) is 17.7 Å². The fourth-order valence-electron chi connectivity index (χ4n) is 0.955. The Morgan fingerprint density at radius 2 is 2.07 bits per heavy atom. The first-order valence-corrected chi connectivity index (χ1v) is 4.37. The van der Waals surface area contributed by atoms with E-state index in [9.17, 15) is 4.79 Å². The molecule has 0 spiro atoms. The molecular weight excluding hydrogens is 180 g/mol. The molecule has 1 aromatic rings. The molecule has 0 aliphatic carbocycles. The van der Waals surface area contributed by atoms with Crippen LogP contribution in [0.1, 0.15) is 5.56 Å². The van der Waals surface area contributed by atoms with Crippen LogP contribution < -0.4 is 11.1 Å². The van der Waals surface area contributed by atoms with Crippen molar-refractivity contribution in [3.05, 3.63) is 29.8 Å². The second-order valence-corrected chi connectivity index (χ2v) is 3.14. The van der Waals surface area contributed by atoms with E-state index in [2.05, 4.69) is 5.32 Å². The Morgan fingerprint density at radius 1 is 1.50 bits per heavy atom. The Balaban J connectivity index is 2.60. The fraction of sp³-hybridized carbons (Fsp3) is 0.300. The van der Waals surface area contributed by atoms with Crippen molar-refractivity contribution >= 4 is 11.6 Å². The Hall–Kier alpha value is -1.39. The number of rotatable bonds is 3. The lowest BCUT2D eigenvalue weighted by molar-refractivity contribution is -0.118. The zero-order valence-corrected chi connectivity index (χ0v) is 8.03.